The molecule has 0 spiro atoms. The van der Waals surface area contributed by atoms with E-state index < -0.39 is 0 Å². The zero-order valence-corrected chi connectivity index (χ0v) is 11.5. The van der Waals surface area contributed by atoms with Gasteiger partial charge in [-0.05, 0) is 56.8 Å². The van der Waals surface area contributed by atoms with Gasteiger partial charge in [-0.2, -0.15) is 0 Å². The van der Waals surface area contributed by atoms with Crippen LogP contribution in [0.25, 0.3) is 0 Å². The summed E-state index contributed by atoms with van der Waals surface area (Å²) in [6.07, 6.45) is 2.26. The van der Waals surface area contributed by atoms with E-state index in [1.54, 1.807) is 6.07 Å². The summed E-state index contributed by atoms with van der Waals surface area (Å²) >= 11 is 0. The Labute approximate surface area is 113 Å². The Morgan fingerprint density at radius 2 is 2.26 bits per heavy atom. The number of piperidine rings is 1. The molecule has 2 unspecified atom stereocenters. The first kappa shape index (κ1) is 14.0. The highest BCUT2D eigenvalue weighted by Crippen LogP contribution is 2.14. The van der Waals surface area contributed by atoms with Crippen LogP contribution in [-0.4, -0.2) is 25.0 Å². The van der Waals surface area contributed by atoms with Crippen LogP contribution in [0.1, 0.15) is 35.7 Å². The van der Waals surface area contributed by atoms with Crippen molar-refractivity contribution in [1.29, 1.82) is 0 Å². The molecule has 1 fully saturated rings. The van der Waals surface area contributed by atoms with E-state index in [1.165, 1.54) is 12.1 Å². The van der Waals surface area contributed by atoms with E-state index in [4.69, 9.17) is 0 Å². The second-order valence-corrected chi connectivity index (χ2v) is 5.42. The van der Waals surface area contributed by atoms with Crippen LogP contribution in [0, 0.1) is 18.7 Å². The van der Waals surface area contributed by atoms with Gasteiger partial charge in [-0.1, -0.05) is 6.07 Å². The van der Waals surface area contributed by atoms with Gasteiger partial charge in [0, 0.05) is 18.2 Å². The van der Waals surface area contributed by atoms with E-state index in [2.05, 4.69) is 17.6 Å². The molecule has 3 nitrogen and oxygen atoms in total. The molecule has 1 aliphatic rings. The predicted molar refractivity (Wildman–Crippen MR) is 73.7 cm³/mol. The van der Waals surface area contributed by atoms with Crippen LogP contribution >= 0.6 is 0 Å². The lowest BCUT2D eigenvalue weighted by Gasteiger charge is -2.27. The molecule has 2 N–H and O–H groups in total. The topological polar surface area (TPSA) is 41.1 Å². The number of nitrogens with one attached hydrogen (secondary N) is 2. The number of halogens is 1. The van der Waals surface area contributed by atoms with Crippen molar-refractivity contribution in [2.24, 2.45) is 5.92 Å². The number of rotatable bonds is 3. The van der Waals surface area contributed by atoms with Gasteiger partial charge < -0.3 is 10.6 Å². The molecule has 0 radical (unpaired) electrons. The fourth-order valence-corrected chi connectivity index (χ4v) is 2.40. The van der Waals surface area contributed by atoms with E-state index in [0.717, 1.165) is 24.9 Å². The Balaban J connectivity index is 1.89. The minimum Gasteiger partial charge on any atom is -0.352 e. The average molecular weight is 264 g/mol. The summed E-state index contributed by atoms with van der Waals surface area (Å²) in [4.78, 5) is 12.0. The fraction of sp³-hybridized carbons (Fsp3) is 0.533. The van der Waals surface area contributed by atoms with Crippen LogP contribution in [0.15, 0.2) is 18.2 Å². The highest BCUT2D eigenvalue weighted by Gasteiger charge is 2.18. The molecule has 0 aliphatic carbocycles. The predicted octanol–water partition coefficient (Wildman–Crippen LogP) is 2.25. The molecule has 0 aromatic heterocycles. The molecule has 19 heavy (non-hydrogen) atoms. The van der Waals surface area contributed by atoms with Crippen LogP contribution in [-0.2, 0) is 0 Å². The largest absolute Gasteiger partial charge is 0.352 e. The standard InChI is InChI=1S/C15H21FN2O/c1-10-3-6-13(16)7-14(10)15(19)18-9-12-5-4-11(2)17-8-12/h3,6-7,11-12,17H,4-5,8-9H2,1-2H3,(H,18,19). The third-order valence-corrected chi connectivity index (χ3v) is 3.76. The van der Waals surface area contributed by atoms with E-state index in [9.17, 15) is 9.18 Å². The number of hydrogen-bond donors (Lipinski definition) is 2. The number of hydrogen-bond acceptors (Lipinski definition) is 2. The van der Waals surface area contributed by atoms with Crippen molar-refractivity contribution in [3.8, 4) is 0 Å². The maximum Gasteiger partial charge on any atom is 0.251 e. The Morgan fingerprint density at radius 1 is 1.47 bits per heavy atom. The highest BCUT2D eigenvalue weighted by atomic mass is 19.1. The van der Waals surface area contributed by atoms with E-state index in [1.807, 2.05) is 6.92 Å². The maximum atomic E-state index is 13.2. The van der Waals surface area contributed by atoms with E-state index >= 15 is 0 Å². The van der Waals surface area contributed by atoms with Crippen LogP contribution < -0.4 is 10.6 Å². The van der Waals surface area contributed by atoms with Gasteiger partial charge in [-0.3, -0.25) is 4.79 Å². The molecule has 104 valence electrons. The van der Waals surface area contributed by atoms with Gasteiger partial charge in [-0.15, -0.1) is 0 Å². The molecule has 4 heteroatoms. The zero-order chi connectivity index (χ0) is 13.8. The van der Waals surface area contributed by atoms with Crippen molar-refractivity contribution in [2.75, 3.05) is 13.1 Å². The number of benzene rings is 1. The lowest BCUT2D eigenvalue weighted by atomic mass is 9.95. The van der Waals surface area contributed by atoms with Crippen LogP contribution in [0.3, 0.4) is 0 Å². The van der Waals surface area contributed by atoms with Gasteiger partial charge in [-0.25, -0.2) is 4.39 Å². The van der Waals surface area contributed by atoms with Gasteiger partial charge >= 0.3 is 0 Å². The lowest BCUT2D eigenvalue weighted by molar-refractivity contribution is 0.0943. The Kier molecular flexibility index (Phi) is 4.53. The smallest absolute Gasteiger partial charge is 0.251 e. The van der Waals surface area contributed by atoms with Gasteiger partial charge in [0.05, 0.1) is 0 Å². The molecular formula is C15H21FN2O. The van der Waals surface area contributed by atoms with E-state index in [0.29, 0.717) is 24.1 Å². The van der Waals surface area contributed by atoms with Gasteiger partial charge in [0.15, 0.2) is 0 Å². The first-order chi connectivity index (χ1) is 9.06. The number of carbonyl (C=O) groups is 1. The van der Waals surface area contributed by atoms with Crippen LogP contribution in [0.5, 0.6) is 0 Å². The Hall–Kier alpha value is -1.42. The van der Waals surface area contributed by atoms with Crippen molar-refractivity contribution in [3.63, 3.8) is 0 Å². The van der Waals surface area contributed by atoms with Gasteiger partial charge in [0.2, 0.25) is 0 Å². The van der Waals surface area contributed by atoms with Crippen molar-refractivity contribution < 1.29 is 9.18 Å². The quantitative estimate of drug-likeness (QED) is 0.879. The number of amides is 1. The minimum absolute atomic E-state index is 0.185. The second kappa shape index (κ2) is 6.15. The molecular weight excluding hydrogens is 243 g/mol. The monoisotopic (exact) mass is 264 g/mol. The Morgan fingerprint density at radius 3 is 2.95 bits per heavy atom. The van der Waals surface area contributed by atoms with E-state index in [-0.39, 0.29) is 11.7 Å². The summed E-state index contributed by atoms with van der Waals surface area (Å²) in [6, 6.07) is 4.87. The SMILES string of the molecule is Cc1ccc(F)cc1C(=O)NCC1CCC(C)NC1. The van der Waals surface area contributed by atoms with Crippen molar-refractivity contribution in [1.82, 2.24) is 10.6 Å². The summed E-state index contributed by atoms with van der Waals surface area (Å²) in [5, 5.41) is 6.31. The number of carbonyl (C=O) groups excluding carboxylic acids is 1. The molecule has 0 saturated carbocycles. The van der Waals surface area contributed by atoms with Crippen LogP contribution in [0.2, 0.25) is 0 Å². The van der Waals surface area contributed by atoms with Crippen molar-refractivity contribution >= 4 is 5.91 Å². The minimum atomic E-state index is -0.371. The van der Waals surface area contributed by atoms with Crippen LogP contribution in [0.4, 0.5) is 4.39 Å². The third kappa shape index (κ3) is 3.77. The van der Waals surface area contributed by atoms with Gasteiger partial charge in [0.1, 0.15) is 5.82 Å². The molecule has 1 amide bonds. The molecule has 2 rings (SSSR count). The molecule has 1 aromatic carbocycles. The summed E-state index contributed by atoms with van der Waals surface area (Å²) < 4.78 is 13.2. The summed E-state index contributed by atoms with van der Waals surface area (Å²) in [5.74, 6) is -0.0893. The zero-order valence-electron chi connectivity index (χ0n) is 11.5. The highest BCUT2D eigenvalue weighted by molar-refractivity contribution is 5.95. The summed E-state index contributed by atoms with van der Waals surface area (Å²) in [5.41, 5.74) is 1.23. The summed E-state index contributed by atoms with van der Waals surface area (Å²) in [7, 11) is 0. The lowest BCUT2D eigenvalue weighted by Crippen LogP contribution is -2.42. The first-order valence-electron chi connectivity index (χ1n) is 6.84. The van der Waals surface area contributed by atoms with Crippen molar-refractivity contribution in [2.45, 2.75) is 32.7 Å². The molecule has 0 bridgehead atoms. The summed E-state index contributed by atoms with van der Waals surface area (Å²) in [6.45, 7) is 5.57. The normalized spacial score (nSPS) is 23.1. The fourth-order valence-electron chi connectivity index (χ4n) is 2.40. The van der Waals surface area contributed by atoms with Gasteiger partial charge in [0.25, 0.3) is 5.91 Å². The van der Waals surface area contributed by atoms with Crippen molar-refractivity contribution in [3.05, 3.63) is 35.1 Å². The maximum absolute atomic E-state index is 13.2. The molecule has 2 atom stereocenters. The first-order valence-corrected chi connectivity index (χ1v) is 6.84. The molecule has 1 heterocycles. The average Bonchev–Trinajstić information content (AvgIpc) is 2.40. The molecule has 1 aromatic rings. The molecule has 1 saturated heterocycles. The molecule has 1 aliphatic heterocycles. The second-order valence-electron chi connectivity index (χ2n) is 5.42. The third-order valence-electron chi connectivity index (χ3n) is 3.76. The number of aryl methyl sites for hydroxylation is 1. The Bertz CT molecular complexity index is 453.